The van der Waals surface area contributed by atoms with Crippen molar-refractivity contribution in [2.75, 3.05) is 13.3 Å². The van der Waals surface area contributed by atoms with Gasteiger partial charge in [-0.2, -0.15) is 4.99 Å². The molecule has 0 bridgehead atoms. The predicted molar refractivity (Wildman–Crippen MR) is 38.5 cm³/mol. The van der Waals surface area contributed by atoms with Gasteiger partial charge >= 0.3 is 0 Å². The number of nitrogens with zero attached hydrogens (tertiary/aromatic N) is 1. The van der Waals surface area contributed by atoms with Gasteiger partial charge in [0.1, 0.15) is 6.73 Å². The Kier molecular flexibility index (Phi) is 7.79. The normalized spacial score (nSPS) is 8.90. The summed E-state index contributed by atoms with van der Waals surface area (Å²) in [5.74, 6) is 0. The third-order valence-corrected chi connectivity index (χ3v) is 1.11. The lowest BCUT2D eigenvalue weighted by atomic mass is 10.3. The number of hydrogen-bond acceptors (Lipinski definition) is 3. The maximum absolute atomic E-state index is 9.52. The quantitative estimate of drug-likeness (QED) is 0.321. The molecule has 0 fully saturated rings. The van der Waals surface area contributed by atoms with E-state index < -0.39 is 0 Å². The maximum atomic E-state index is 9.52. The highest BCUT2D eigenvalue weighted by atomic mass is 16.5. The average Bonchev–Trinajstić information content (AvgIpc) is 1.97. The number of rotatable bonds is 6. The fraction of sp³-hybridized carbons (Fsp3) is 0.857. The zero-order valence-corrected chi connectivity index (χ0v) is 6.30. The van der Waals surface area contributed by atoms with Crippen LogP contribution in [0, 0.1) is 0 Å². The molecular weight excluding hydrogens is 130 g/mol. The Morgan fingerprint density at radius 2 is 2.30 bits per heavy atom. The molecule has 0 aliphatic carbocycles. The minimum atomic E-state index is 0.160. The van der Waals surface area contributed by atoms with Crippen LogP contribution in [0.4, 0.5) is 0 Å². The van der Waals surface area contributed by atoms with Crippen LogP contribution in [0.2, 0.25) is 0 Å². The number of aliphatic imine (C=N–C) groups is 1. The Morgan fingerprint density at radius 3 is 2.90 bits per heavy atom. The van der Waals surface area contributed by atoms with Crippen molar-refractivity contribution in [3.05, 3.63) is 0 Å². The molecule has 0 heterocycles. The van der Waals surface area contributed by atoms with E-state index >= 15 is 0 Å². The van der Waals surface area contributed by atoms with Gasteiger partial charge in [-0.3, -0.25) is 0 Å². The van der Waals surface area contributed by atoms with Crippen LogP contribution in [0.1, 0.15) is 26.2 Å². The zero-order valence-electron chi connectivity index (χ0n) is 6.30. The van der Waals surface area contributed by atoms with Gasteiger partial charge in [-0.05, 0) is 6.42 Å². The lowest BCUT2D eigenvalue weighted by Gasteiger charge is -1.96. The second-order valence-corrected chi connectivity index (χ2v) is 1.99. The largest absolute Gasteiger partial charge is 0.358 e. The SMILES string of the molecule is CCCCCOCN=C=O. The highest BCUT2D eigenvalue weighted by Gasteiger charge is 1.84. The minimum Gasteiger partial charge on any atom is -0.358 e. The molecule has 0 amide bonds. The molecule has 0 saturated carbocycles. The second kappa shape index (κ2) is 8.34. The Morgan fingerprint density at radius 1 is 1.50 bits per heavy atom. The minimum absolute atomic E-state index is 0.160. The van der Waals surface area contributed by atoms with Crippen molar-refractivity contribution < 1.29 is 9.53 Å². The summed E-state index contributed by atoms with van der Waals surface area (Å²) in [6.45, 7) is 2.98. The molecule has 3 nitrogen and oxygen atoms in total. The molecule has 0 atom stereocenters. The number of carbonyl (C=O) groups excluding carboxylic acids is 1. The van der Waals surface area contributed by atoms with E-state index in [0.29, 0.717) is 6.61 Å². The molecule has 0 spiro atoms. The zero-order chi connectivity index (χ0) is 7.66. The van der Waals surface area contributed by atoms with Crippen molar-refractivity contribution in [3.8, 4) is 0 Å². The van der Waals surface area contributed by atoms with E-state index in [0.717, 1.165) is 6.42 Å². The number of unbranched alkanes of at least 4 members (excludes halogenated alkanes) is 2. The highest BCUT2D eigenvalue weighted by molar-refractivity contribution is 5.32. The number of isocyanates is 1. The van der Waals surface area contributed by atoms with E-state index in [-0.39, 0.29) is 6.73 Å². The van der Waals surface area contributed by atoms with Crippen LogP contribution in [0.25, 0.3) is 0 Å². The summed E-state index contributed by atoms with van der Waals surface area (Å²) in [7, 11) is 0. The van der Waals surface area contributed by atoms with Crippen LogP contribution >= 0.6 is 0 Å². The third kappa shape index (κ3) is 7.34. The van der Waals surface area contributed by atoms with Gasteiger partial charge in [-0.25, -0.2) is 4.79 Å². The van der Waals surface area contributed by atoms with E-state index in [2.05, 4.69) is 11.9 Å². The second-order valence-electron chi connectivity index (χ2n) is 1.99. The van der Waals surface area contributed by atoms with Gasteiger partial charge in [0.15, 0.2) is 0 Å². The predicted octanol–water partition coefficient (Wildman–Crippen LogP) is 1.49. The van der Waals surface area contributed by atoms with Crippen molar-refractivity contribution in [3.63, 3.8) is 0 Å². The molecule has 58 valence electrons. The van der Waals surface area contributed by atoms with Crippen LogP contribution < -0.4 is 0 Å². The standard InChI is InChI=1S/C7H13NO2/c1-2-3-4-5-10-7-8-6-9/h2-5,7H2,1H3. The van der Waals surface area contributed by atoms with Gasteiger partial charge in [0, 0.05) is 6.61 Å². The molecule has 0 rings (SSSR count). The lowest BCUT2D eigenvalue weighted by molar-refractivity contribution is 0.138. The molecule has 0 N–H and O–H groups in total. The first-order valence-electron chi connectivity index (χ1n) is 3.53. The molecule has 0 saturated heterocycles. The van der Waals surface area contributed by atoms with Crippen molar-refractivity contribution >= 4 is 6.08 Å². The van der Waals surface area contributed by atoms with Gasteiger partial charge in [0.25, 0.3) is 0 Å². The monoisotopic (exact) mass is 143 g/mol. The molecule has 0 unspecified atom stereocenters. The summed E-state index contributed by atoms with van der Waals surface area (Å²) in [6, 6.07) is 0. The first kappa shape index (κ1) is 9.34. The van der Waals surface area contributed by atoms with Gasteiger partial charge in [-0.15, -0.1) is 0 Å². The van der Waals surface area contributed by atoms with Crippen LogP contribution in [-0.2, 0) is 9.53 Å². The van der Waals surface area contributed by atoms with Crippen molar-refractivity contribution in [2.24, 2.45) is 4.99 Å². The van der Waals surface area contributed by atoms with Crippen LogP contribution in [0.3, 0.4) is 0 Å². The maximum Gasteiger partial charge on any atom is 0.237 e. The first-order valence-corrected chi connectivity index (χ1v) is 3.53. The molecule has 0 aliphatic heterocycles. The van der Waals surface area contributed by atoms with Gasteiger partial charge in [0.05, 0.1) is 0 Å². The van der Waals surface area contributed by atoms with Crippen molar-refractivity contribution in [1.29, 1.82) is 0 Å². The van der Waals surface area contributed by atoms with Crippen molar-refractivity contribution in [2.45, 2.75) is 26.2 Å². The van der Waals surface area contributed by atoms with E-state index in [1.54, 1.807) is 0 Å². The summed E-state index contributed by atoms with van der Waals surface area (Å²) in [6.07, 6.45) is 4.81. The Labute approximate surface area is 61.1 Å². The van der Waals surface area contributed by atoms with Crippen LogP contribution in [0.15, 0.2) is 4.99 Å². The molecule has 10 heavy (non-hydrogen) atoms. The topological polar surface area (TPSA) is 38.7 Å². The third-order valence-electron chi connectivity index (χ3n) is 1.11. The molecule has 0 radical (unpaired) electrons. The molecular formula is C7H13NO2. The van der Waals surface area contributed by atoms with Gasteiger partial charge in [-0.1, -0.05) is 19.8 Å². The Bertz CT molecular complexity index is 108. The summed E-state index contributed by atoms with van der Waals surface area (Å²) >= 11 is 0. The molecule has 0 aliphatic rings. The van der Waals surface area contributed by atoms with E-state index in [1.165, 1.54) is 18.9 Å². The summed E-state index contributed by atoms with van der Waals surface area (Å²) in [5.41, 5.74) is 0. The molecule has 0 aromatic carbocycles. The molecule has 3 heteroatoms. The van der Waals surface area contributed by atoms with E-state index in [1.807, 2.05) is 0 Å². The smallest absolute Gasteiger partial charge is 0.237 e. The number of ether oxygens (including phenoxy) is 1. The van der Waals surface area contributed by atoms with Gasteiger partial charge < -0.3 is 4.74 Å². The Balaban J connectivity index is 2.83. The number of hydrogen-bond donors (Lipinski definition) is 0. The van der Waals surface area contributed by atoms with E-state index in [9.17, 15) is 4.79 Å². The average molecular weight is 143 g/mol. The lowest BCUT2D eigenvalue weighted by Crippen LogP contribution is -1.93. The molecule has 0 aromatic rings. The van der Waals surface area contributed by atoms with Crippen molar-refractivity contribution in [1.82, 2.24) is 0 Å². The molecule has 0 aromatic heterocycles. The Hall–Kier alpha value is -0.660. The first-order chi connectivity index (χ1) is 4.91. The van der Waals surface area contributed by atoms with Crippen LogP contribution in [0.5, 0.6) is 0 Å². The highest BCUT2D eigenvalue weighted by Crippen LogP contribution is 1.93. The fourth-order valence-electron chi connectivity index (χ4n) is 0.591. The summed E-state index contributed by atoms with van der Waals surface area (Å²) < 4.78 is 4.95. The van der Waals surface area contributed by atoms with E-state index in [4.69, 9.17) is 4.74 Å². The summed E-state index contributed by atoms with van der Waals surface area (Å²) in [5, 5.41) is 0. The summed E-state index contributed by atoms with van der Waals surface area (Å²) in [4.78, 5) is 12.8. The van der Waals surface area contributed by atoms with Gasteiger partial charge in [0.2, 0.25) is 6.08 Å². The van der Waals surface area contributed by atoms with Crippen LogP contribution in [-0.4, -0.2) is 19.4 Å². The fourth-order valence-corrected chi connectivity index (χ4v) is 0.591.